The summed E-state index contributed by atoms with van der Waals surface area (Å²) in [5, 5.41) is 0.473. The Bertz CT molecular complexity index is 102. The maximum Gasteiger partial charge on any atom is 0.100 e. The van der Waals surface area contributed by atoms with Crippen LogP contribution in [0.4, 0.5) is 0 Å². The van der Waals surface area contributed by atoms with Crippen LogP contribution in [0.15, 0.2) is 0 Å². The van der Waals surface area contributed by atoms with E-state index in [1.807, 2.05) is 0 Å². The molecular weight excluding hydrogens is 152 g/mol. The van der Waals surface area contributed by atoms with Crippen molar-refractivity contribution in [2.75, 3.05) is 0 Å². The van der Waals surface area contributed by atoms with Crippen molar-refractivity contribution in [3.05, 3.63) is 0 Å². The molecule has 1 nitrogen and oxygen atoms in total. The molecule has 0 spiro atoms. The van der Waals surface area contributed by atoms with E-state index in [2.05, 4.69) is 6.92 Å². The molecule has 2 heteroatoms. The summed E-state index contributed by atoms with van der Waals surface area (Å²) in [6.45, 7) is 2.22. The molecule has 0 radical (unpaired) electrons. The highest BCUT2D eigenvalue weighted by Gasteiger charge is 1.92. The number of rotatable bonds is 7. The van der Waals surface area contributed by atoms with E-state index in [1.54, 1.807) is 0 Å². The van der Waals surface area contributed by atoms with Gasteiger partial charge in [-0.3, -0.25) is 0 Å². The fourth-order valence-corrected chi connectivity index (χ4v) is 1.51. The molecule has 0 saturated carbocycles. The third kappa shape index (κ3) is 9.89. The van der Waals surface area contributed by atoms with Crippen molar-refractivity contribution in [2.24, 2.45) is 0 Å². The van der Waals surface area contributed by atoms with Gasteiger partial charge in [-0.05, 0) is 6.42 Å². The lowest BCUT2D eigenvalue weighted by Crippen LogP contribution is -1.94. The Hall–Kier alpha value is -0.113. The summed E-state index contributed by atoms with van der Waals surface area (Å²) in [5.41, 5.74) is 0. The normalized spacial score (nSPS) is 10.3. The summed E-state index contributed by atoms with van der Waals surface area (Å²) in [6, 6.07) is 0. The van der Waals surface area contributed by atoms with Crippen LogP contribution in [0.2, 0.25) is 0 Å². The molecule has 0 aromatic carbocycles. The molecule has 11 heavy (non-hydrogen) atoms. The van der Waals surface area contributed by atoms with Crippen LogP contribution in [0.1, 0.15) is 51.9 Å². The first kappa shape index (κ1) is 10.9. The van der Waals surface area contributed by atoms with Crippen LogP contribution in [0.3, 0.4) is 0 Å². The lowest BCUT2D eigenvalue weighted by Gasteiger charge is -1.97. The number of carbonyl (C=O) groups is 1. The van der Waals surface area contributed by atoms with E-state index in [4.69, 9.17) is 0 Å². The van der Waals surface area contributed by atoms with Crippen molar-refractivity contribution >= 4 is 15.6 Å². The van der Waals surface area contributed by atoms with Gasteiger partial charge >= 0.3 is 0 Å². The third-order valence-electron chi connectivity index (χ3n) is 1.88. The third-order valence-corrected chi connectivity index (χ3v) is 2.38. The molecule has 0 aromatic heterocycles. The van der Waals surface area contributed by atoms with Gasteiger partial charge in [0.1, 0.15) is 5.41 Å². The summed E-state index contributed by atoms with van der Waals surface area (Å²) < 4.78 is 0. The molecule has 0 aliphatic heterocycles. The minimum absolute atomic E-state index is 0.473. The fraction of sp³-hybridized carbons (Fsp3) is 0.889. The highest BCUT2D eigenvalue weighted by molar-refractivity contribution is 6.57. The van der Waals surface area contributed by atoms with Gasteiger partial charge in [-0.2, -0.15) is 0 Å². The molecule has 0 aliphatic rings. The molecular formula is C9H20OSi. The monoisotopic (exact) mass is 172 g/mol. The van der Waals surface area contributed by atoms with Gasteiger partial charge in [0.2, 0.25) is 0 Å². The van der Waals surface area contributed by atoms with Crippen LogP contribution < -0.4 is 0 Å². The van der Waals surface area contributed by atoms with Gasteiger partial charge in [-0.25, -0.2) is 0 Å². The number of hydrogen-bond donors (Lipinski definition) is 0. The molecule has 66 valence electrons. The average Bonchev–Trinajstić information content (AvgIpc) is 1.96. The van der Waals surface area contributed by atoms with E-state index in [-0.39, 0.29) is 0 Å². The maximum atomic E-state index is 10.6. The molecule has 0 fully saturated rings. The van der Waals surface area contributed by atoms with Crippen LogP contribution >= 0.6 is 0 Å². The maximum absolute atomic E-state index is 10.6. The second-order valence-corrected chi connectivity index (χ2v) is 4.34. The molecule has 0 amide bonds. The standard InChI is InChI=1S/C9H20OSi/c1-2-3-4-5-6-7-8-9(10)11/h2-8H2,1,11H3. The number of carbonyl (C=O) groups excluding carboxylic acids is 1. The predicted octanol–water partition coefficient (Wildman–Crippen LogP) is 1.63. The van der Waals surface area contributed by atoms with Gasteiger partial charge in [0, 0.05) is 6.42 Å². The highest BCUT2D eigenvalue weighted by Crippen LogP contribution is 2.06. The van der Waals surface area contributed by atoms with Gasteiger partial charge in [-0.1, -0.05) is 39.0 Å². The number of unbranched alkanes of at least 4 members (excludes halogenated alkanes) is 5. The van der Waals surface area contributed by atoms with Gasteiger partial charge < -0.3 is 4.79 Å². The summed E-state index contributed by atoms with van der Waals surface area (Å²) >= 11 is 0. The first-order chi connectivity index (χ1) is 5.27. The second kappa shape index (κ2) is 7.99. The van der Waals surface area contributed by atoms with E-state index in [0.29, 0.717) is 5.41 Å². The summed E-state index contributed by atoms with van der Waals surface area (Å²) in [6.07, 6.45) is 8.57. The van der Waals surface area contributed by atoms with Crippen molar-refractivity contribution in [2.45, 2.75) is 51.9 Å². The molecule has 0 atom stereocenters. The van der Waals surface area contributed by atoms with Crippen molar-refractivity contribution in [3.8, 4) is 0 Å². The highest BCUT2D eigenvalue weighted by atomic mass is 28.1. The van der Waals surface area contributed by atoms with Crippen molar-refractivity contribution < 1.29 is 4.79 Å². The zero-order valence-corrected chi connectivity index (χ0v) is 9.86. The molecule has 0 N–H and O–H groups in total. The first-order valence-electron chi connectivity index (χ1n) is 4.76. The zero-order valence-electron chi connectivity index (χ0n) is 7.86. The van der Waals surface area contributed by atoms with Crippen LogP contribution in [0.5, 0.6) is 0 Å². The summed E-state index contributed by atoms with van der Waals surface area (Å²) in [7, 11) is 0.750. The second-order valence-electron chi connectivity index (χ2n) is 3.22. The summed E-state index contributed by atoms with van der Waals surface area (Å²) in [4.78, 5) is 10.6. The Morgan fingerprint density at radius 3 is 2.18 bits per heavy atom. The van der Waals surface area contributed by atoms with E-state index < -0.39 is 0 Å². The smallest absolute Gasteiger partial charge is 0.100 e. The van der Waals surface area contributed by atoms with Crippen LogP contribution in [-0.4, -0.2) is 15.6 Å². The lowest BCUT2D eigenvalue weighted by molar-refractivity contribution is -0.111. The molecule has 0 aliphatic carbocycles. The molecule has 0 aromatic rings. The minimum atomic E-state index is 0.473. The average molecular weight is 172 g/mol. The largest absolute Gasteiger partial charge is 0.307 e. The fourth-order valence-electron chi connectivity index (χ4n) is 1.15. The Morgan fingerprint density at radius 1 is 1.09 bits per heavy atom. The quantitative estimate of drug-likeness (QED) is 0.421. The minimum Gasteiger partial charge on any atom is -0.307 e. The van der Waals surface area contributed by atoms with Gasteiger partial charge in [0.05, 0.1) is 10.2 Å². The summed E-state index contributed by atoms with van der Waals surface area (Å²) in [5.74, 6) is 0. The lowest BCUT2D eigenvalue weighted by atomic mass is 10.1. The van der Waals surface area contributed by atoms with Crippen LogP contribution in [-0.2, 0) is 4.79 Å². The number of hydrogen-bond acceptors (Lipinski definition) is 1. The Labute approximate surface area is 73.0 Å². The molecule has 0 rings (SSSR count). The van der Waals surface area contributed by atoms with Crippen LogP contribution in [0, 0.1) is 0 Å². The van der Waals surface area contributed by atoms with Crippen molar-refractivity contribution in [1.29, 1.82) is 0 Å². The van der Waals surface area contributed by atoms with E-state index in [1.165, 1.54) is 32.1 Å². The van der Waals surface area contributed by atoms with Crippen molar-refractivity contribution in [1.82, 2.24) is 0 Å². The van der Waals surface area contributed by atoms with E-state index in [0.717, 1.165) is 23.1 Å². The predicted molar refractivity (Wildman–Crippen MR) is 52.9 cm³/mol. The zero-order chi connectivity index (χ0) is 8.53. The van der Waals surface area contributed by atoms with Gasteiger partial charge in [-0.15, -0.1) is 0 Å². The van der Waals surface area contributed by atoms with E-state index in [9.17, 15) is 4.79 Å². The Kier molecular flexibility index (Phi) is 7.91. The molecule has 0 saturated heterocycles. The first-order valence-corrected chi connectivity index (χ1v) is 5.76. The van der Waals surface area contributed by atoms with Crippen molar-refractivity contribution in [3.63, 3.8) is 0 Å². The molecule has 0 bridgehead atoms. The van der Waals surface area contributed by atoms with E-state index >= 15 is 0 Å². The SMILES string of the molecule is CCCCCCCCC(=O)[SiH3]. The Balaban J connectivity index is 2.85. The Morgan fingerprint density at radius 2 is 1.64 bits per heavy atom. The van der Waals surface area contributed by atoms with Crippen LogP contribution in [0.25, 0.3) is 0 Å². The van der Waals surface area contributed by atoms with Gasteiger partial charge in [0.25, 0.3) is 0 Å². The topological polar surface area (TPSA) is 17.1 Å². The molecule has 0 heterocycles. The van der Waals surface area contributed by atoms with Gasteiger partial charge in [0.15, 0.2) is 0 Å². The molecule has 0 unspecified atom stereocenters.